The molecule has 1 saturated heterocycles. The van der Waals surface area contributed by atoms with Gasteiger partial charge in [-0.05, 0) is 30.7 Å². The summed E-state index contributed by atoms with van der Waals surface area (Å²) in [6.07, 6.45) is -0.709. The molecule has 2 atom stereocenters. The molecule has 180 valence electrons. The number of amidine groups is 1. The molecule has 1 unspecified atom stereocenters. The Morgan fingerprint density at radius 1 is 1.26 bits per heavy atom. The lowest BCUT2D eigenvalue weighted by atomic mass is 10.1. The zero-order valence-corrected chi connectivity index (χ0v) is 18.7. The molecule has 8 nitrogen and oxygen atoms in total. The normalized spacial score (nSPS) is 22.4. The van der Waals surface area contributed by atoms with Gasteiger partial charge in [0, 0.05) is 42.7 Å². The molecule has 1 fully saturated rings. The average molecular weight is 494 g/mol. The highest BCUT2D eigenvalue weighted by molar-refractivity contribution is 8.14. The van der Waals surface area contributed by atoms with Crippen molar-refractivity contribution < 1.29 is 27.9 Å². The van der Waals surface area contributed by atoms with E-state index in [1.807, 2.05) is 4.90 Å². The largest absolute Gasteiger partial charge is 0.416 e. The zero-order chi connectivity index (χ0) is 24.3. The Morgan fingerprint density at radius 3 is 2.82 bits per heavy atom. The zero-order valence-electron chi connectivity index (χ0n) is 17.9. The number of likely N-dealkylation sites (tertiary alicyclic amines) is 1. The number of benzene rings is 1. The van der Waals surface area contributed by atoms with E-state index >= 15 is 0 Å². The molecule has 0 radical (unpaired) electrons. The summed E-state index contributed by atoms with van der Waals surface area (Å²) < 4.78 is 38.5. The highest BCUT2D eigenvalue weighted by Crippen LogP contribution is 2.36. The summed E-state index contributed by atoms with van der Waals surface area (Å²) in [5.74, 6) is -0.843. The molecule has 0 bridgehead atoms. The summed E-state index contributed by atoms with van der Waals surface area (Å²) in [5, 5.41) is 16.7. The van der Waals surface area contributed by atoms with E-state index in [2.05, 4.69) is 20.6 Å². The number of aliphatic imine (C=N–C) groups is 1. The van der Waals surface area contributed by atoms with Gasteiger partial charge < -0.3 is 20.6 Å². The number of aliphatic hydroxyl groups is 1. The number of hydrogen-bond donors (Lipinski definition) is 3. The van der Waals surface area contributed by atoms with E-state index in [0.29, 0.717) is 36.0 Å². The number of thioether (sulfide) groups is 1. The third-order valence-corrected chi connectivity index (χ3v) is 6.65. The van der Waals surface area contributed by atoms with Crippen LogP contribution in [-0.2, 0) is 16.7 Å². The number of alkyl halides is 3. The van der Waals surface area contributed by atoms with Gasteiger partial charge in [0.1, 0.15) is 0 Å². The Bertz CT molecular complexity index is 1100. The molecule has 3 heterocycles. The minimum atomic E-state index is -4.56. The van der Waals surface area contributed by atoms with E-state index in [1.165, 1.54) is 17.8 Å². The highest BCUT2D eigenvalue weighted by Gasteiger charge is 2.39. The third kappa shape index (κ3) is 5.50. The van der Waals surface area contributed by atoms with Crippen molar-refractivity contribution in [3.05, 3.63) is 65.5 Å². The van der Waals surface area contributed by atoms with Crippen LogP contribution in [0.15, 0.2) is 53.8 Å². The maximum Gasteiger partial charge on any atom is 0.416 e. The molecule has 1 aromatic carbocycles. The molecule has 2 aromatic rings. The Kier molecular flexibility index (Phi) is 6.80. The summed E-state index contributed by atoms with van der Waals surface area (Å²) in [6, 6.07) is 7.33. The van der Waals surface area contributed by atoms with Gasteiger partial charge in [-0.3, -0.25) is 14.6 Å². The quantitative estimate of drug-likeness (QED) is 0.588. The molecule has 2 aliphatic heterocycles. The molecule has 0 saturated carbocycles. The van der Waals surface area contributed by atoms with Crippen LogP contribution in [0.25, 0.3) is 0 Å². The molecule has 4 rings (SSSR count). The Hall–Kier alpha value is -3.12. The second-order valence-electron chi connectivity index (χ2n) is 8.00. The third-order valence-electron chi connectivity index (χ3n) is 5.49. The van der Waals surface area contributed by atoms with Gasteiger partial charge in [-0.1, -0.05) is 23.9 Å². The number of nitrogens with one attached hydrogen (secondary N) is 2. The van der Waals surface area contributed by atoms with Crippen LogP contribution in [0.5, 0.6) is 0 Å². The number of aromatic nitrogens is 1. The molecular formula is C22H22F3N5O3S. The van der Waals surface area contributed by atoms with Crippen molar-refractivity contribution in [2.24, 2.45) is 4.99 Å². The number of pyridine rings is 1. The second-order valence-corrected chi connectivity index (χ2v) is 8.94. The van der Waals surface area contributed by atoms with Gasteiger partial charge in [-0.2, -0.15) is 13.2 Å². The summed E-state index contributed by atoms with van der Waals surface area (Å²) in [4.78, 5) is 34.9. The van der Waals surface area contributed by atoms with Gasteiger partial charge in [0.15, 0.2) is 10.9 Å². The first kappa shape index (κ1) is 24.0. The first-order valence-corrected chi connectivity index (χ1v) is 11.5. The first-order chi connectivity index (χ1) is 16.1. The first-order valence-electron chi connectivity index (χ1n) is 10.5. The van der Waals surface area contributed by atoms with Crippen LogP contribution < -0.4 is 10.6 Å². The predicted molar refractivity (Wildman–Crippen MR) is 120 cm³/mol. The molecule has 2 aliphatic rings. The van der Waals surface area contributed by atoms with Crippen LogP contribution in [0, 0.1) is 0 Å². The molecular weight excluding hydrogens is 471 g/mol. The van der Waals surface area contributed by atoms with E-state index in [4.69, 9.17) is 0 Å². The van der Waals surface area contributed by atoms with Crippen molar-refractivity contribution in [3.63, 3.8) is 0 Å². The highest BCUT2D eigenvalue weighted by atomic mass is 32.2. The number of amides is 2. The lowest BCUT2D eigenvalue weighted by Crippen LogP contribution is -2.43. The van der Waals surface area contributed by atoms with Crippen molar-refractivity contribution in [3.8, 4) is 0 Å². The van der Waals surface area contributed by atoms with E-state index in [9.17, 15) is 27.9 Å². The maximum absolute atomic E-state index is 12.8. The van der Waals surface area contributed by atoms with Crippen molar-refractivity contribution in [1.29, 1.82) is 0 Å². The van der Waals surface area contributed by atoms with E-state index in [0.717, 1.165) is 18.2 Å². The fourth-order valence-electron chi connectivity index (χ4n) is 3.73. The molecule has 2 amide bonds. The molecule has 0 aliphatic carbocycles. The van der Waals surface area contributed by atoms with Gasteiger partial charge >= 0.3 is 6.18 Å². The summed E-state index contributed by atoms with van der Waals surface area (Å²) >= 11 is 1.43. The van der Waals surface area contributed by atoms with Gasteiger partial charge in [-0.25, -0.2) is 4.99 Å². The minimum absolute atomic E-state index is 0.174. The predicted octanol–water partition coefficient (Wildman–Crippen LogP) is 1.97. The molecule has 1 aromatic heterocycles. The van der Waals surface area contributed by atoms with Crippen molar-refractivity contribution in [2.45, 2.75) is 24.4 Å². The van der Waals surface area contributed by atoms with Crippen LogP contribution in [0.2, 0.25) is 0 Å². The van der Waals surface area contributed by atoms with E-state index in [1.54, 1.807) is 24.5 Å². The number of carbonyl (C=O) groups is 2. The topological polar surface area (TPSA) is 107 Å². The smallest absolute Gasteiger partial charge is 0.365 e. The summed E-state index contributed by atoms with van der Waals surface area (Å²) in [6.45, 7) is 0.765. The summed E-state index contributed by atoms with van der Waals surface area (Å²) in [7, 11) is 0. The number of halogens is 3. The van der Waals surface area contributed by atoms with Crippen LogP contribution in [0.4, 0.5) is 13.2 Å². The standard InChI is InChI=1S/C22H22F3N5O3S/c23-22(24,25)15-4-1-3-14(9-15)19(32)27-11-18(31)28-17-6-8-30(12-17)20-29-21(33,13-34-20)16-5-2-7-26-10-16/h1-5,7,9-10,17,33H,6,8,11-13H2,(H,27,32)(H,28,31)/t17-,21?/m1/s1. The lowest BCUT2D eigenvalue weighted by Gasteiger charge is -2.19. The Morgan fingerprint density at radius 2 is 2.09 bits per heavy atom. The Balaban J connectivity index is 1.27. The van der Waals surface area contributed by atoms with Crippen molar-refractivity contribution >= 4 is 28.7 Å². The average Bonchev–Trinajstić information content (AvgIpc) is 3.45. The van der Waals surface area contributed by atoms with Crippen molar-refractivity contribution in [1.82, 2.24) is 20.5 Å². The van der Waals surface area contributed by atoms with Gasteiger partial charge in [-0.15, -0.1) is 0 Å². The number of nitrogens with zero attached hydrogens (tertiary/aromatic N) is 3. The van der Waals surface area contributed by atoms with E-state index in [-0.39, 0.29) is 18.2 Å². The number of carbonyl (C=O) groups excluding carboxylic acids is 2. The monoisotopic (exact) mass is 493 g/mol. The van der Waals surface area contributed by atoms with Gasteiger partial charge in [0.05, 0.1) is 17.9 Å². The van der Waals surface area contributed by atoms with E-state index < -0.39 is 29.3 Å². The number of rotatable bonds is 5. The van der Waals surface area contributed by atoms with Crippen LogP contribution in [-0.4, -0.2) is 63.4 Å². The van der Waals surface area contributed by atoms with Crippen LogP contribution in [0.1, 0.15) is 27.9 Å². The van der Waals surface area contributed by atoms with Gasteiger partial charge in [0.25, 0.3) is 5.91 Å². The Labute approximate surface area is 197 Å². The fraction of sp³-hybridized carbons (Fsp3) is 0.364. The lowest BCUT2D eigenvalue weighted by molar-refractivity contribution is -0.137. The maximum atomic E-state index is 12.8. The van der Waals surface area contributed by atoms with Crippen LogP contribution >= 0.6 is 11.8 Å². The van der Waals surface area contributed by atoms with Crippen molar-refractivity contribution in [2.75, 3.05) is 25.4 Å². The molecule has 0 spiro atoms. The molecule has 3 N–H and O–H groups in total. The van der Waals surface area contributed by atoms with Gasteiger partial charge in [0.2, 0.25) is 5.91 Å². The second kappa shape index (κ2) is 9.63. The summed E-state index contributed by atoms with van der Waals surface area (Å²) in [5.41, 5.74) is -1.84. The van der Waals surface area contributed by atoms with Crippen LogP contribution in [0.3, 0.4) is 0 Å². The molecule has 12 heteroatoms. The minimum Gasteiger partial charge on any atom is -0.365 e. The SMILES string of the molecule is O=C(CNC(=O)c1cccc(C(F)(F)F)c1)N[C@@H]1CCN(C2=NC(O)(c3cccnc3)CS2)C1. The fourth-order valence-corrected chi connectivity index (χ4v) is 4.85. The number of hydrogen-bond acceptors (Lipinski definition) is 7. The molecule has 34 heavy (non-hydrogen) atoms.